The van der Waals surface area contributed by atoms with E-state index in [-0.39, 0.29) is 0 Å². The van der Waals surface area contributed by atoms with Crippen molar-refractivity contribution in [3.05, 3.63) is 0 Å². The maximum Gasteiger partial charge on any atom is 0.0591 e. The second-order valence-corrected chi connectivity index (χ2v) is 4.25. The Labute approximate surface area is 80.2 Å². The molecule has 0 amide bonds. The Kier molecular flexibility index (Phi) is 3.58. The molecule has 3 nitrogen and oxygen atoms in total. The van der Waals surface area contributed by atoms with E-state index in [1.54, 1.807) is 0 Å². The Hall–Kier alpha value is -0.120. The van der Waals surface area contributed by atoms with Gasteiger partial charge in [0.15, 0.2) is 0 Å². The summed E-state index contributed by atoms with van der Waals surface area (Å²) in [5.74, 6) is 1.76. The van der Waals surface area contributed by atoms with E-state index in [2.05, 4.69) is 10.6 Å². The van der Waals surface area contributed by atoms with Crippen molar-refractivity contribution in [2.75, 3.05) is 39.4 Å². The zero-order valence-electron chi connectivity index (χ0n) is 8.22. The highest BCUT2D eigenvalue weighted by Crippen LogP contribution is 2.28. The number of hydrogen-bond donors (Lipinski definition) is 2. The van der Waals surface area contributed by atoms with Crippen LogP contribution in [-0.4, -0.2) is 39.4 Å². The molecule has 1 saturated carbocycles. The lowest BCUT2D eigenvalue weighted by molar-refractivity contribution is 0.124. The minimum absolute atomic E-state index is 0.864. The number of ether oxygens (including phenoxy) is 1. The number of rotatable bonds is 7. The van der Waals surface area contributed by atoms with Crippen LogP contribution in [0.1, 0.15) is 12.8 Å². The molecule has 2 aliphatic rings. The molecule has 2 rings (SSSR count). The molecule has 0 atom stereocenters. The summed E-state index contributed by atoms with van der Waals surface area (Å²) >= 11 is 0. The summed E-state index contributed by atoms with van der Waals surface area (Å²) in [5.41, 5.74) is 0. The summed E-state index contributed by atoms with van der Waals surface area (Å²) in [4.78, 5) is 0. The molecular formula is C10H20N2O. The summed E-state index contributed by atoms with van der Waals surface area (Å²) in [6.07, 6.45) is 2.78. The molecule has 0 aromatic carbocycles. The van der Waals surface area contributed by atoms with Crippen LogP contribution in [0, 0.1) is 11.8 Å². The van der Waals surface area contributed by atoms with E-state index in [1.807, 2.05) is 0 Å². The molecule has 1 aliphatic heterocycles. The Morgan fingerprint density at radius 2 is 2.08 bits per heavy atom. The van der Waals surface area contributed by atoms with E-state index >= 15 is 0 Å². The Bertz CT molecular complexity index is 144. The van der Waals surface area contributed by atoms with Crippen LogP contribution < -0.4 is 10.6 Å². The number of nitrogens with one attached hydrogen (secondary N) is 2. The third-order valence-electron chi connectivity index (χ3n) is 2.77. The highest BCUT2D eigenvalue weighted by Gasteiger charge is 2.20. The summed E-state index contributed by atoms with van der Waals surface area (Å²) in [7, 11) is 0. The van der Waals surface area contributed by atoms with Gasteiger partial charge in [-0.1, -0.05) is 0 Å². The third-order valence-corrected chi connectivity index (χ3v) is 2.77. The molecule has 1 aliphatic carbocycles. The zero-order valence-corrected chi connectivity index (χ0v) is 8.22. The van der Waals surface area contributed by atoms with Crippen molar-refractivity contribution in [1.82, 2.24) is 10.6 Å². The van der Waals surface area contributed by atoms with E-state index in [0.717, 1.165) is 38.1 Å². The van der Waals surface area contributed by atoms with E-state index in [9.17, 15) is 0 Å². The summed E-state index contributed by atoms with van der Waals surface area (Å²) < 4.78 is 5.51. The summed E-state index contributed by atoms with van der Waals surface area (Å²) in [6, 6.07) is 0. The standard InChI is InChI=1S/C10H20N2O/c1-2-9(1)8-13-4-3-11-5-10-6-12-7-10/h9-12H,1-8H2. The van der Waals surface area contributed by atoms with Crippen LogP contribution in [0.5, 0.6) is 0 Å². The molecule has 1 heterocycles. The van der Waals surface area contributed by atoms with Gasteiger partial charge < -0.3 is 15.4 Å². The van der Waals surface area contributed by atoms with Gasteiger partial charge in [0, 0.05) is 32.8 Å². The van der Waals surface area contributed by atoms with Crippen LogP contribution >= 0.6 is 0 Å². The number of hydrogen-bond acceptors (Lipinski definition) is 3. The van der Waals surface area contributed by atoms with Crippen LogP contribution in [-0.2, 0) is 4.74 Å². The molecule has 2 N–H and O–H groups in total. The third kappa shape index (κ3) is 3.63. The van der Waals surface area contributed by atoms with Gasteiger partial charge >= 0.3 is 0 Å². The maximum atomic E-state index is 5.51. The fraction of sp³-hybridized carbons (Fsp3) is 1.00. The first kappa shape index (κ1) is 9.44. The molecule has 0 unspecified atom stereocenters. The van der Waals surface area contributed by atoms with Crippen molar-refractivity contribution >= 4 is 0 Å². The van der Waals surface area contributed by atoms with Crippen molar-refractivity contribution in [1.29, 1.82) is 0 Å². The average molecular weight is 184 g/mol. The predicted octanol–water partition coefficient (Wildman–Crippen LogP) is 0.222. The smallest absolute Gasteiger partial charge is 0.0591 e. The van der Waals surface area contributed by atoms with Crippen molar-refractivity contribution in [3.8, 4) is 0 Å². The van der Waals surface area contributed by atoms with Gasteiger partial charge in [-0.2, -0.15) is 0 Å². The molecule has 0 aromatic heterocycles. The van der Waals surface area contributed by atoms with Crippen molar-refractivity contribution < 1.29 is 4.74 Å². The molecule has 1 saturated heterocycles. The molecule has 0 aromatic rings. The fourth-order valence-corrected chi connectivity index (χ4v) is 1.48. The molecule has 0 radical (unpaired) electrons. The SMILES string of the molecule is C(COCC1CC1)NCC1CNC1. The van der Waals surface area contributed by atoms with Gasteiger partial charge in [-0.05, 0) is 24.7 Å². The van der Waals surface area contributed by atoms with Gasteiger partial charge in [-0.15, -0.1) is 0 Å². The van der Waals surface area contributed by atoms with Gasteiger partial charge in [-0.3, -0.25) is 0 Å². The Morgan fingerprint density at radius 3 is 2.69 bits per heavy atom. The molecule has 3 heteroatoms. The predicted molar refractivity (Wildman–Crippen MR) is 52.8 cm³/mol. The second-order valence-electron chi connectivity index (χ2n) is 4.25. The summed E-state index contributed by atoms with van der Waals surface area (Å²) in [6.45, 7) is 6.43. The largest absolute Gasteiger partial charge is 0.380 e. The topological polar surface area (TPSA) is 33.3 Å². The van der Waals surface area contributed by atoms with Crippen molar-refractivity contribution in [2.24, 2.45) is 11.8 Å². The molecule has 2 fully saturated rings. The monoisotopic (exact) mass is 184 g/mol. The van der Waals surface area contributed by atoms with E-state index in [1.165, 1.54) is 25.9 Å². The van der Waals surface area contributed by atoms with Crippen LogP contribution in [0.15, 0.2) is 0 Å². The Morgan fingerprint density at radius 1 is 1.23 bits per heavy atom. The zero-order chi connectivity index (χ0) is 8.93. The van der Waals surface area contributed by atoms with Crippen LogP contribution in [0.25, 0.3) is 0 Å². The lowest BCUT2D eigenvalue weighted by Crippen LogP contribution is -2.47. The van der Waals surface area contributed by atoms with Crippen molar-refractivity contribution in [3.63, 3.8) is 0 Å². The van der Waals surface area contributed by atoms with Gasteiger partial charge in [0.1, 0.15) is 0 Å². The molecule has 0 spiro atoms. The summed E-state index contributed by atoms with van der Waals surface area (Å²) in [5, 5.41) is 6.68. The van der Waals surface area contributed by atoms with Gasteiger partial charge in [0.2, 0.25) is 0 Å². The minimum atomic E-state index is 0.864. The highest BCUT2D eigenvalue weighted by atomic mass is 16.5. The van der Waals surface area contributed by atoms with Gasteiger partial charge in [0.25, 0.3) is 0 Å². The normalized spacial score (nSPS) is 23.1. The second kappa shape index (κ2) is 4.94. The molecule has 0 bridgehead atoms. The van der Waals surface area contributed by atoms with Crippen LogP contribution in [0.2, 0.25) is 0 Å². The first-order chi connectivity index (χ1) is 6.45. The van der Waals surface area contributed by atoms with E-state index in [0.29, 0.717) is 0 Å². The fourth-order valence-electron chi connectivity index (χ4n) is 1.48. The van der Waals surface area contributed by atoms with Crippen LogP contribution in [0.3, 0.4) is 0 Å². The lowest BCUT2D eigenvalue weighted by atomic mass is 10.0. The Balaban J connectivity index is 1.32. The molecule has 76 valence electrons. The lowest BCUT2D eigenvalue weighted by Gasteiger charge is -2.27. The maximum absolute atomic E-state index is 5.51. The van der Waals surface area contributed by atoms with Crippen LogP contribution in [0.4, 0.5) is 0 Å². The first-order valence-electron chi connectivity index (χ1n) is 5.44. The molecular weight excluding hydrogens is 164 g/mol. The first-order valence-corrected chi connectivity index (χ1v) is 5.44. The quantitative estimate of drug-likeness (QED) is 0.555. The van der Waals surface area contributed by atoms with E-state index < -0.39 is 0 Å². The highest BCUT2D eigenvalue weighted by molar-refractivity contribution is 4.76. The molecule has 13 heavy (non-hydrogen) atoms. The van der Waals surface area contributed by atoms with Gasteiger partial charge in [0.05, 0.1) is 6.61 Å². The van der Waals surface area contributed by atoms with Crippen molar-refractivity contribution in [2.45, 2.75) is 12.8 Å². The van der Waals surface area contributed by atoms with E-state index in [4.69, 9.17) is 4.74 Å². The average Bonchev–Trinajstić information content (AvgIpc) is 2.83. The minimum Gasteiger partial charge on any atom is -0.380 e. The van der Waals surface area contributed by atoms with Gasteiger partial charge in [-0.25, -0.2) is 0 Å².